The fraction of sp³-hybridized carbons (Fsp3) is 0.154. The van der Waals surface area contributed by atoms with Gasteiger partial charge in [0.1, 0.15) is 17.7 Å². The van der Waals surface area contributed by atoms with Gasteiger partial charge in [0.2, 0.25) is 0 Å². The maximum atomic E-state index is 13.5. The van der Waals surface area contributed by atoms with E-state index in [0.29, 0.717) is 22.6 Å². The number of imidazole rings is 1. The molecule has 0 radical (unpaired) electrons. The standard InChI is InChI=1S/C26H25FN4O3S/c1-17-5-4-6-21(15-17)30-35(33,34)22-12-7-18(2)23(16-22)26(32)29-24(25-28-13-14-31(25)3)19-8-10-20(27)11-9-19/h4-16,24,30H,1-3H3,(H,29,32). The summed E-state index contributed by atoms with van der Waals surface area (Å²) in [4.78, 5) is 17.7. The van der Waals surface area contributed by atoms with Gasteiger partial charge in [-0.05, 0) is 66.9 Å². The van der Waals surface area contributed by atoms with Crippen molar-refractivity contribution in [1.29, 1.82) is 0 Å². The second-order valence-electron chi connectivity index (χ2n) is 8.31. The van der Waals surface area contributed by atoms with Crippen molar-refractivity contribution < 1.29 is 17.6 Å². The molecular weight excluding hydrogens is 467 g/mol. The molecule has 0 aliphatic heterocycles. The predicted octanol–water partition coefficient (Wildman–Crippen LogP) is 4.50. The fourth-order valence-electron chi connectivity index (χ4n) is 3.75. The molecule has 4 rings (SSSR count). The molecule has 0 saturated heterocycles. The molecule has 0 spiro atoms. The number of hydrogen-bond donors (Lipinski definition) is 2. The number of aryl methyl sites for hydroxylation is 3. The Kier molecular flexibility index (Phi) is 6.70. The monoisotopic (exact) mass is 492 g/mol. The number of sulfonamides is 1. The van der Waals surface area contributed by atoms with Crippen LogP contribution in [-0.2, 0) is 17.1 Å². The van der Waals surface area contributed by atoms with Gasteiger partial charge in [-0.3, -0.25) is 9.52 Å². The first-order chi connectivity index (χ1) is 16.6. The first kappa shape index (κ1) is 24.2. The van der Waals surface area contributed by atoms with Gasteiger partial charge in [0.05, 0.1) is 4.90 Å². The Morgan fingerprint density at radius 1 is 1.03 bits per heavy atom. The summed E-state index contributed by atoms with van der Waals surface area (Å²) in [6, 6.07) is 16.5. The number of nitrogens with zero attached hydrogens (tertiary/aromatic N) is 2. The molecule has 0 fully saturated rings. The number of carbonyl (C=O) groups excluding carboxylic acids is 1. The van der Waals surface area contributed by atoms with Crippen LogP contribution >= 0.6 is 0 Å². The second kappa shape index (κ2) is 9.71. The van der Waals surface area contributed by atoms with Gasteiger partial charge in [0.25, 0.3) is 15.9 Å². The second-order valence-corrected chi connectivity index (χ2v) is 9.99. The number of amides is 1. The first-order valence-corrected chi connectivity index (χ1v) is 12.4. The van der Waals surface area contributed by atoms with Crippen molar-refractivity contribution in [3.63, 3.8) is 0 Å². The van der Waals surface area contributed by atoms with E-state index >= 15 is 0 Å². The Bertz CT molecular complexity index is 1480. The average Bonchev–Trinajstić information content (AvgIpc) is 3.23. The minimum Gasteiger partial charge on any atom is -0.338 e. The SMILES string of the molecule is Cc1cccc(NS(=O)(=O)c2ccc(C)c(C(=O)NC(c3ccc(F)cc3)c3nccn3C)c2)c1. The van der Waals surface area contributed by atoms with Crippen molar-refractivity contribution in [1.82, 2.24) is 14.9 Å². The number of anilines is 1. The van der Waals surface area contributed by atoms with E-state index < -0.39 is 27.8 Å². The zero-order valence-corrected chi connectivity index (χ0v) is 20.3. The Balaban J connectivity index is 1.66. The molecule has 0 bridgehead atoms. The lowest BCUT2D eigenvalue weighted by Crippen LogP contribution is -2.31. The van der Waals surface area contributed by atoms with Crippen LogP contribution in [0.5, 0.6) is 0 Å². The minimum absolute atomic E-state index is 0.0370. The van der Waals surface area contributed by atoms with E-state index in [1.807, 2.05) is 13.0 Å². The zero-order chi connectivity index (χ0) is 25.2. The summed E-state index contributed by atoms with van der Waals surface area (Å²) < 4.78 is 43.9. The van der Waals surface area contributed by atoms with Gasteiger partial charge in [-0.1, -0.05) is 30.3 Å². The van der Waals surface area contributed by atoms with Crippen LogP contribution in [-0.4, -0.2) is 23.9 Å². The molecular formula is C26H25FN4O3S. The molecule has 9 heteroatoms. The van der Waals surface area contributed by atoms with Crippen molar-refractivity contribution in [3.8, 4) is 0 Å². The normalized spacial score (nSPS) is 12.2. The Morgan fingerprint density at radius 3 is 2.43 bits per heavy atom. The van der Waals surface area contributed by atoms with E-state index in [-0.39, 0.29) is 10.5 Å². The number of halogens is 1. The summed E-state index contributed by atoms with van der Waals surface area (Å²) in [6.07, 6.45) is 3.35. The number of benzene rings is 3. The maximum Gasteiger partial charge on any atom is 0.261 e. The van der Waals surface area contributed by atoms with Gasteiger partial charge < -0.3 is 9.88 Å². The van der Waals surface area contributed by atoms with Crippen molar-refractivity contribution in [2.24, 2.45) is 7.05 Å². The van der Waals surface area contributed by atoms with Crippen molar-refractivity contribution >= 4 is 21.6 Å². The lowest BCUT2D eigenvalue weighted by atomic mass is 10.0. The van der Waals surface area contributed by atoms with Crippen LogP contribution in [0.2, 0.25) is 0 Å². The third kappa shape index (κ3) is 5.41. The number of carbonyl (C=O) groups is 1. The third-order valence-electron chi connectivity index (χ3n) is 5.63. The molecule has 0 aliphatic carbocycles. The van der Waals surface area contributed by atoms with Crippen molar-refractivity contribution in [3.05, 3.63) is 113 Å². The average molecular weight is 493 g/mol. The molecule has 1 atom stereocenters. The zero-order valence-electron chi connectivity index (χ0n) is 19.5. The smallest absolute Gasteiger partial charge is 0.261 e. The number of aromatic nitrogens is 2. The predicted molar refractivity (Wildman–Crippen MR) is 132 cm³/mol. The molecule has 35 heavy (non-hydrogen) atoms. The van der Waals surface area contributed by atoms with Crippen LogP contribution in [0.25, 0.3) is 0 Å². The highest BCUT2D eigenvalue weighted by Crippen LogP contribution is 2.24. The highest BCUT2D eigenvalue weighted by molar-refractivity contribution is 7.92. The maximum absolute atomic E-state index is 13.5. The third-order valence-corrected chi connectivity index (χ3v) is 7.01. The first-order valence-electron chi connectivity index (χ1n) is 10.9. The summed E-state index contributed by atoms with van der Waals surface area (Å²) in [5.41, 5.74) is 2.79. The topological polar surface area (TPSA) is 93.1 Å². The number of hydrogen-bond acceptors (Lipinski definition) is 4. The molecule has 4 aromatic rings. The summed E-state index contributed by atoms with van der Waals surface area (Å²) >= 11 is 0. The van der Waals surface area contributed by atoms with E-state index in [9.17, 15) is 17.6 Å². The lowest BCUT2D eigenvalue weighted by Gasteiger charge is -2.20. The van der Waals surface area contributed by atoms with Crippen molar-refractivity contribution in [2.75, 3.05) is 4.72 Å². The summed E-state index contributed by atoms with van der Waals surface area (Å²) in [7, 11) is -2.13. The van der Waals surface area contributed by atoms with Gasteiger partial charge in [-0.25, -0.2) is 17.8 Å². The van der Waals surface area contributed by atoms with E-state index in [1.54, 1.807) is 67.3 Å². The molecule has 1 unspecified atom stereocenters. The highest BCUT2D eigenvalue weighted by atomic mass is 32.2. The molecule has 1 amide bonds. The number of rotatable bonds is 7. The van der Waals surface area contributed by atoms with Crippen molar-refractivity contribution in [2.45, 2.75) is 24.8 Å². The quantitative estimate of drug-likeness (QED) is 0.397. The highest BCUT2D eigenvalue weighted by Gasteiger charge is 2.24. The van der Waals surface area contributed by atoms with Gasteiger partial charge in [-0.2, -0.15) is 0 Å². The molecule has 1 heterocycles. The van der Waals surface area contributed by atoms with E-state index in [1.165, 1.54) is 24.3 Å². The Hall–Kier alpha value is -3.98. The molecule has 180 valence electrons. The van der Waals surface area contributed by atoms with Crippen LogP contribution in [0, 0.1) is 19.7 Å². The fourth-order valence-corrected chi connectivity index (χ4v) is 4.83. The van der Waals surface area contributed by atoms with E-state index in [4.69, 9.17) is 0 Å². The Labute approximate surface area is 203 Å². The van der Waals surface area contributed by atoms with Gasteiger partial charge >= 0.3 is 0 Å². The summed E-state index contributed by atoms with van der Waals surface area (Å²) in [6.45, 7) is 3.60. The molecule has 7 nitrogen and oxygen atoms in total. The molecule has 0 saturated carbocycles. The Morgan fingerprint density at radius 2 is 1.77 bits per heavy atom. The van der Waals surface area contributed by atoms with E-state index in [0.717, 1.165) is 5.56 Å². The van der Waals surface area contributed by atoms with Gasteiger partial charge in [0.15, 0.2) is 0 Å². The van der Waals surface area contributed by atoms with Crippen LogP contribution in [0.3, 0.4) is 0 Å². The summed E-state index contributed by atoms with van der Waals surface area (Å²) in [5.74, 6) is -0.325. The van der Waals surface area contributed by atoms with Crippen LogP contribution in [0.15, 0.2) is 84.0 Å². The molecule has 2 N–H and O–H groups in total. The number of nitrogens with one attached hydrogen (secondary N) is 2. The lowest BCUT2D eigenvalue weighted by molar-refractivity contribution is 0.0940. The van der Waals surface area contributed by atoms with Crippen LogP contribution in [0.4, 0.5) is 10.1 Å². The van der Waals surface area contributed by atoms with Crippen LogP contribution in [0.1, 0.15) is 38.9 Å². The van der Waals surface area contributed by atoms with E-state index in [2.05, 4.69) is 15.0 Å². The largest absolute Gasteiger partial charge is 0.338 e. The van der Waals surface area contributed by atoms with Gasteiger partial charge in [0, 0.05) is 30.7 Å². The summed E-state index contributed by atoms with van der Waals surface area (Å²) in [5, 5.41) is 2.93. The molecule has 1 aromatic heterocycles. The molecule has 3 aromatic carbocycles. The van der Waals surface area contributed by atoms with Gasteiger partial charge in [-0.15, -0.1) is 0 Å². The molecule has 0 aliphatic rings. The minimum atomic E-state index is -3.93. The van der Waals surface area contributed by atoms with Crippen LogP contribution < -0.4 is 10.0 Å².